The lowest BCUT2D eigenvalue weighted by atomic mass is 10.3. The van der Waals surface area contributed by atoms with Crippen molar-refractivity contribution in [1.82, 2.24) is 14.0 Å². The van der Waals surface area contributed by atoms with Gasteiger partial charge in [0.25, 0.3) is 5.56 Å². The third-order valence-electron chi connectivity index (χ3n) is 4.70. The van der Waals surface area contributed by atoms with Crippen molar-refractivity contribution >= 4 is 28.4 Å². The first kappa shape index (κ1) is 20.8. The van der Waals surface area contributed by atoms with E-state index >= 15 is 0 Å². The van der Waals surface area contributed by atoms with Crippen LogP contribution in [-0.4, -0.2) is 48.9 Å². The van der Waals surface area contributed by atoms with Gasteiger partial charge in [-0.25, -0.2) is 14.2 Å². The van der Waals surface area contributed by atoms with Crippen LogP contribution < -0.4 is 11.2 Å². The van der Waals surface area contributed by atoms with Crippen LogP contribution in [-0.2, 0) is 18.9 Å². The van der Waals surface area contributed by atoms with Gasteiger partial charge in [0.1, 0.15) is 16.4 Å². The number of aromatic hydroxyl groups is 1. The molecule has 2 aromatic rings. The number of benzene rings is 1. The molecular formula is C19H21FN4O4S. The molecule has 0 bridgehead atoms. The highest BCUT2D eigenvalue weighted by Crippen LogP contribution is 2.24. The topological polar surface area (TPSA) is 96.9 Å². The number of aromatic nitrogens is 2. The first-order valence-electron chi connectivity index (χ1n) is 9.03. The summed E-state index contributed by atoms with van der Waals surface area (Å²) >= 11 is 0.997. The van der Waals surface area contributed by atoms with Crippen molar-refractivity contribution in [3.63, 3.8) is 0 Å². The molecule has 0 radical (unpaired) electrons. The number of rotatable bonds is 4. The molecule has 0 spiro atoms. The summed E-state index contributed by atoms with van der Waals surface area (Å²) in [7, 11) is 2.62. The zero-order chi connectivity index (χ0) is 21.1. The predicted molar refractivity (Wildman–Crippen MR) is 109 cm³/mol. The van der Waals surface area contributed by atoms with Gasteiger partial charge in [-0.15, -0.1) is 0 Å². The van der Waals surface area contributed by atoms with E-state index in [1.807, 2.05) is 0 Å². The maximum Gasteiger partial charge on any atom is 0.333 e. The molecule has 2 heterocycles. The van der Waals surface area contributed by atoms with Crippen molar-refractivity contribution < 1.29 is 14.3 Å². The van der Waals surface area contributed by atoms with E-state index in [-0.39, 0.29) is 22.3 Å². The third kappa shape index (κ3) is 4.42. The van der Waals surface area contributed by atoms with E-state index in [2.05, 4.69) is 4.99 Å². The Bertz CT molecular complexity index is 1070. The molecule has 1 aromatic carbocycles. The lowest BCUT2D eigenvalue weighted by molar-refractivity contribution is -0.127. The molecule has 8 nitrogen and oxygen atoms in total. The molecule has 29 heavy (non-hydrogen) atoms. The molecule has 1 saturated heterocycles. The Morgan fingerprint density at radius 1 is 1.14 bits per heavy atom. The van der Waals surface area contributed by atoms with Crippen molar-refractivity contribution in [2.45, 2.75) is 12.8 Å². The van der Waals surface area contributed by atoms with Crippen LogP contribution in [0.1, 0.15) is 18.4 Å². The number of hydrogen-bond acceptors (Lipinski definition) is 6. The summed E-state index contributed by atoms with van der Waals surface area (Å²) < 4.78 is 15.0. The molecule has 1 amide bonds. The van der Waals surface area contributed by atoms with Crippen molar-refractivity contribution in [3.8, 4) is 5.88 Å². The molecule has 1 aliphatic rings. The molecule has 0 aliphatic carbocycles. The predicted octanol–water partition coefficient (Wildman–Crippen LogP) is 1.36. The Balaban J connectivity index is 2.04. The highest BCUT2D eigenvalue weighted by atomic mass is 32.2. The van der Waals surface area contributed by atoms with Crippen LogP contribution in [0.25, 0.3) is 0 Å². The van der Waals surface area contributed by atoms with E-state index in [9.17, 15) is 23.9 Å². The van der Waals surface area contributed by atoms with E-state index in [1.54, 1.807) is 4.90 Å². The number of carbonyl (C=O) groups is 1. The molecular weight excluding hydrogens is 399 g/mol. The number of amides is 1. The van der Waals surface area contributed by atoms with Crippen LogP contribution >= 0.6 is 11.8 Å². The van der Waals surface area contributed by atoms with Gasteiger partial charge < -0.3 is 10.0 Å². The van der Waals surface area contributed by atoms with Crippen LogP contribution in [0, 0.1) is 5.82 Å². The standard InChI is InChI=1S/C19H21FN4O4S/c1-22-17(26)15(18(27)23(2)19(22)28)16(21-13-7-5-12(20)6-8-13)29-11-14(25)24-9-3-4-10-24/h5-8,26H,3-4,9-11H2,1-2H3. The Morgan fingerprint density at radius 2 is 1.76 bits per heavy atom. The first-order valence-corrected chi connectivity index (χ1v) is 10.0. The minimum atomic E-state index is -0.729. The molecule has 0 saturated carbocycles. The van der Waals surface area contributed by atoms with Crippen molar-refractivity contribution in [3.05, 3.63) is 56.5 Å². The Kier molecular flexibility index (Phi) is 6.21. The summed E-state index contributed by atoms with van der Waals surface area (Å²) in [5.41, 5.74) is -1.25. The SMILES string of the molecule is Cn1c(O)c(C(=Nc2ccc(F)cc2)SCC(=O)N2CCCC2)c(=O)n(C)c1=O. The lowest BCUT2D eigenvalue weighted by Crippen LogP contribution is -2.40. The largest absolute Gasteiger partial charge is 0.494 e. The van der Waals surface area contributed by atoms with Crippen LogP contribution in [0.3, 0.4) is 0 Å². The third-order valence-corrected chi connectivity index (χ3v) is 5.66. The van der Waals surface area contributed by atoms with Gasteiger partial charge in [-0.2, -0.15) is 0 Å². The second kappa shape index (κ2) is 8.64. The van der Waals surface area contributed by atoms with E-state index in [4.69, 9.17) is 0 Å². The summed E-state index contributed by atoms with van der Waals surface area (Å²) in [4.78, 5) is 43.3. The fraction of sp³-hybridized carbons (Fsp3) is 0.368. The van der Waals surface area contributed by atoms with Gasteiger partial charge >= 0.3 is 5.69 Å². The number of likely N-dealkylation sites (tertiary alicyclic amines) is 1. The summed E-state index contributed by atoms with van der Waals surface area (Å²) in [6, 6.07) is 5.27. The van der Waals surface area contributed by atoms with Gasteiger partial charge in [-0.1, -0.05) is 11.8 Å². The van der Waals surface area contributed by atoms with Crippen molar-refractivity contribution in [2.24, 2.45) is 19.1 Å². The maximum absolute atomic E-state index is 13.2. The Hall–Kier alpha value is -2.88. The number of thioether (sulfide) groups is 1. The molecule has 10 heteroatoms. The maximum atomic E-state index is 13.2. The summed E-state index contributed by atoms with van der Waals surface area (Å²) in [6.45, 7) is 1.38. The molecule has 0 unspecified atom stereocenters. The van der Waals surface area contributed by atoms with Gasteiger partial charge in [0.05, 0.1) is 11.4 Å². The smallest absolute Gasteiger partial charge is 0.333 e. The second-order valence-electron chi connectivity index (χ2n) is 6.67. The Morgan fingerprint density at radius 3 is 2.38 bits per heavy atom. The van der Waals surface area contributed by atoms with Gasteiger partial charge in [0, 0.05) is 27.2 Å². The zero-order valence-electron chi connectivity index (χ0n) is 16.1. The minimum absolute atomic E-state index is 0.0193. The van der Waals surface area contributed by atoms with Crippen molar-refractivity contribution in [2.75, 3.05) is 18.8 Å². The van der Waals surface area contributed by atoms with E-state index < -0.39 is 22.9 Å². The molecule has 1 fully saturated rings. The van der Waals surface area contributed by atoms with Crippen LogP contribution in [0.4, 0.5) is 10.1 Å². The number of aliphatic imine (C=N–C) groups is 1. The number of hydrogen-bond donors (Lipinski definition) is 1. The van der Waals surface area contributed by atoms with Gasteiger partial charge in [0.15, 0.2) is 0 Å². The summed E-state index contributed by atoms with van der Waals surface area (Å²) in [5.74, 6) is -1.06. The number of nitrogens with zero attached hydrogens (tertiary/aromatic N) is 4. The second-order valence-corrected chi connectivity index (χ2v) is 7.64. The molecule has 0 atom stereocenters. The lowest BCUT2D eigenvalue weighted by Gasteiger charge is -2.16. The monoisotopic (exact) mass is 420 g/mol. The fourth-order valence-electron chi connectivity index (χ4n) is 3.00. The average molecular weight is 420 g/mol. The summed E-state index contributed by atoms with van der Waals surface area (Å²) in [5, 5.41) is 10.5. The first-order chi connectivity index (χ1) is 13.8. The van der Waals surface area contributed by atoms with Crippen molar-refractivity contribution in [1.29, 1.82) is 0 Å². The zero-order valence-corrected chi connectivity index (χ0v) is 16.9. The highest BCUT2D eigenvalue weighted by molar-refractivity contribution is 8.15. The molecule has 1 aliphatic heterocycles. The van der Waals surface area contributed by atoms with Gasteiger partial charge in [-0.05, 0) is 37.1 Å². The molecule has 3 rings (SSSR count). The van der Waals surface area contributed by atoms with Crippen LogP contribution in [0.5, 0.6) is 5.88 Å². The minimum Gasteiger partial charge on any atom is -0.494 e. The van der Waals surface area contributed by atoms with E-state index in [1.165, 1.54) is 38.4 Å². The summed E-state index contributed by atoms with van der Waals surface area (Å²) in [6.07, 6.45) is 1.91. The fourth-order valence-corrected chi connectivity index (χ4v) is 3.94. The quantitative estimate of drug-likeness (QED) is 0.595. The van der Waals surface area contributed by atoms with E-state index in [0.29, 0.717) is 18.8 Å². The molecule has 154 valence electrons. The number of halogens is 1. The molecule has 1 N–H and O–H groups in total. The van der Waals surface area contributed by atoms with Gasteiger partial charge in [0.2, 0.25) is 11.8 Å². The van der Waals surface area contributed by atoms with Crippen LogP contribution in [0.2, 0.25) is 0 Å². The normalized spacial score (nSPS) is 14.4. The average Bonchev–Trinajstić information content (AvgIpc) is 3.25. The van der Waals surface area contributed by atoms with E-state index in [0.717, 1.165) is 33.7 Å². The van der Waals surface area contributed by atoms with Crippen LogP contribution in [0.15, 0.2) is 38.8 Å². The number of carbonyl (C=O) groups excluding carboxylic acids is 1. The Labute approximate surface area is 170 Å². The van der Waals surface area contributed by atoms with Gasteiger partial charge in [-0.3, -0.25) is 18.7 Å². The highest BCUT2D eigenvalue weighted by Gasteiger charge is 2.24. The molecule has 1 aromatic heterocycles.